The predicted octanol–water partition coefficient (Wildman–Crippen LogP) is 2.19. The molecule has 0 bridgehead atoms. The zero-order valence-electron chi connectivity index (χ0n) is 10.9. The lowest BCUT2D eigenvalue weighted by Gasteiger charge is -2.08. The highest BCUT2D eigenvalue weighted by molar-refractivity contribution is 7.99. The van der Waals surface area contributed by atoms with E-state index < -0.39 is 0 Å². The maximum Gasteiger partial charge on any atom is 0.191 e. The van der Waals surface area contributed by atoms with Gasteiger partial charge in [0.15, 0.2) is 10.9 Å². The third kappa shape index (κ3) is 3.35. The second-order valence-corrected chi connectivity index (χ2v) is 4.81. The largest absolute Gasteiger partial charge is 0.493 e. The fraction of sp³-hybridized carbons (Fsp3) is 0.308. The molecule has 0 amide bonds. The molecule has 1 heterocycles. The molecular weight excluding hydrogens is 262 g/mol. The summed E-state index contributed by atoms with van der Waals surface area (Å²) >= 11 is 1.37. The minimum atomic E-state index is 0.0250. The van der Waals surface area contributed by atoms with Crippen LogP contribution in [-0.4, -0.2) is 32.9 Å². The second kappa shape index (κ2) is 6.38. The van der Waals surface area contributed by atoms with Crippen molar-refractivity contribution in [1.29, 1.82) is 0 Å². The fourth-order valence-electron chi connectivity index (χ4n) is 1.59. The van der Waals surface area contributed by atoms with Crippen LogP contribution < -0.4 is 4.74 Å². The highest BCUT2D eigenvalue weighted by Gasteiger charge is 2.13. The summed E-state index contributed by atoms with van der Waals surface area (Å²) in [5, 5.41) is 8.43. The van der Waals surface area contributed by atoms with Crippen LogP contribution in [0.15, 0.2) is 35.7 Å². The summed E-state index contributed by atoms with van der Waals surface area (Å²) in [7, 11) is 1.85. The van der Waals surface area contributed by atoms with E-state index in [4.69, 9.17) is 4.74 Å². The molecule has 0 spiro atoms. The van der Waals surface area contributed by atoms with Crippen LogP contribution in [-0.2, 0) is 7.05 Å². The number of benzene rings is 1. The molecule has 0 unspecified atom stereocenters. The third-order valence-electron chi connectivity index (χ3n) is 2.49. The summed E-state index contributed by atoms with van der Waals surface area (Å²) in [6.45, 7) is 2.44. The van der Waals surface area contributed by atoms with Gasteiger partial charge in [-0.3, -0.25) is 4.79 Å². The molecule has 2 rings (SSSR count). The number of aryl methyl sites for hydroxylation is 1. The summed E-state index contributed by atoms with van der Waals surface area (Å²) in [6, 6.07) is 7.29. The average molecular weight is 277 g/mol. The monoisotopic (exact) mass is 277 g/mol. The van der Waals surface area contributed by atoms with E-state index >= 15 is 0 Å². The number of thioether (sulfide) groups is 1. The molecule has 0 atom stereocenters. The number of nitrogens with zero attached hydrogens (tertiary/aromatic N) is 3. The molecule has 0 aliphatic carbocycles. The summed E-state index contributed by atoms with van der Waals surface area (Å²) in [4.78, 5) is 12.2. The summed E-state index contributed by atoms with van der Waals surface area (Å²) in [5.74, 6) is 0.974. The van der Waals surface area contributed by atoms with Crippen molar-refractivity contribution in [1.82, 2.24) is 14.8 Å². The number of rotatable bonds is 6. The van der Waals surface area contributed by atoms with E-state index in [0.717, 1.165) is 5.16 Å². The lowest BCUT2D eigenvalue weighted by molar-refractivity contribution is 0.101. The van der Waals surface area contributed by atoms with Crippen molar-refractivity contribution < 1.29 is 9.53 Å². The molecule has 0 fully saturated rings. The number of ketones is 1. The number of carbonyl (C=O) groups is 1. The van der Waals surface area contributed by atoms with Gasteiger partial charge in [0.2, 0.25) is 0 Å². The van der Waals surface area contributed by atoms with Gasteiger partial charge in [0, 0.05) is 7.05 Å². The van der Waals surface area contributed by atoms with E-state index in [0.29, 0.717) is 23.7 Å². The van der Waals surface area contributed by atoms with Gasteiger partial charge in [0.1, 0.15) is 12.1 Å². The molecular formula is C13H15N3O2S. The third-order valence-corrected chi connectivity index (χ3v) is 3.52. The molecule has 6 heteroatoms. The van der Waals surface area contributed by atoms with Crippen LogP contribution in [0.4, 0.5) is 0 Å². The van der Waals surface area contributed by atoms with Crippen molar-refractivity contribution in [2.75, 3.05) is 12.4 Å². The SMILES string of the molecule is CCOc1ccccc1C(=O)CSc1nncn1C. The van der Waals surface area contributed by atoms with Crippen LogP contribution >= 0.6 is 11.8 Å². The normalized spacial score (nSPS) is 10.4. The first-order valence-corrected chi connectivity index (χ1v) is 6.92. The number of Topliss-reactive ketones (excluding diaryl/α,β-unsaturated/α-hetero) is 1. The zero-order chi connectivity index (χ0) is 13.7. The van der Waals surface area contributed by atoms with Gasteiger partial charge in [-0.05, 0) is 19.1 Å². The first-order valence-electron chi connectivity index (χ1n) is 5.94. The maximum absolute atomic E-state index is 12.2. The first-order chi connectivity index (χ1) is 9.22. The van der Waals surface area contributed by atoms with Gasteiger partial charge in [-0.2, -0.15) is 0 Å². The van der Waals surface area contributed by atoms with E-state index in [1.54, 1.807) is 17.0 Å². The Kier molecular flexibility index (Phi) is 4.57. The van der Waals surface area contributed by atoms with Crippen LogP contribution in [0.25, 0.3) is 0 Å². The van der Waals surface area contributed by atoms with Crippen LogP contribution in [0.3, 0.4) is 0 Å². The highest BCUT2D eigenvalue weighted by Crippen LogP contribution is 2.22. The number of para-hydroxylation sites is 1. The highest BCUT2D eigenvalue weighted by atomic mass is 32.2. The van der Waals surface area contributed by atoms with Gasteiger partial charge in [-0.15, -0.1) is 10.2 Å². The Hall–Kier alpha value is -1.82. The molecule has 2 aromatic rings. The van der Waals surface area contributed by atoms with Gasteiger partial charge in [0.05, 0.1) is 17.9 Å². The summed E-state index contributed by atoms with van der Waals surface area (Å²) < 4.78 is 7.24. The molecule has 1 aromatic carbocycles. The molecule has 0 saturated carbocycles. The summed E-state index contributed by atoms with van der Waals surface area (Å²) in [6.07, 6.45) is 1.61. The number of hydrogen-bond donors (Lipinski definition) is 0. The molecule has 5 nitrogen and oxygen atoms in total. The van der Waals surface area contributed by atoms with Crippen molar-refractivity contribution >= 4 is 17.5 Å². The topological polar surface area (TPSA) is 57.0 Å². The smallest absolute Gasteiger partial charge is 0.191 e. The lowest BCUT2D eigenvalue weighted by Crippen LogP contribution is -2.07. The van der Waals surface area contributed by atoms with Gasteiger partial charge in [-0.1, -0.05) is 23.9 Å². The lowest BCUT2D eigenvalue weighted by atomic mass is 10.1. The number of hydrogen-bond acceptors (Lipinski definition) is 5. The van der Waals surface area contributed by atoms with Crippen LogP contribution in [0, 0.1) is 0 Å². The molecule has 0 aliphatic rings. The summed E-state index contributed by atoms with van der Waals surface area (Å²) in [5.41, 5.74) is 0.610. The molecule has 1 aromatic heterocycles. The number of aromatic nitrogens is 3. The first kappa shape index (κ1) is 13.6. The van der Waals surface area contributed by atoms with Crippen molar-refractivity contribution in [2.24, 2.45) is 7.05 Å². The van der Waals surface area contributed by atoms with E-state index in [9.17, 15) is 4.79 Å². The van der Waals surface area contributed by atoms with Gasteiger partial charge >= 0.3 is 0 Å². The standard InChI is InChI=1S/C13H15N3O2S/c1-3-18-12-7-5-4-6-10(12)11(17)8-19-13-15-14-9-16(13)2/h4-7,9H,3,8H2,1-2H3. The minimum absolute atomic E-state index is 0.0250. The molecule has 0 aliphatic heterocycles. The molecule has 0 radical (unpaired) electrons. The Balaban J connectivity index is 2.06. The van der Waals surface area contributed by atoms with E-state index in [-0.39, 0.29) is 5.78 Å². The van der Waals surface area contributed by atoms with Gasteiger partial charge in [-0.25, -0.2) is 0 Å². The Morgan fingerprint density at radius 3 is 2.89 bits per heavy atom. The fourth-order valence-corrected chi connectivity index (χ4v) is 2.36. The van der Waals surface area contributed by atoms with Gasteiger partial charge < -0.3 is 9.30 Å². The predicted molar refractivity (Wildman–Crippen MR) is 73.7 cm³/mol. The van der Waals surface area contributed by atoms with E-state index in [1.165, 1.54) is 11.8 Å². The molecule has 19 heavy (non-hydrogen) atoms. The number of ether oxygens (including phenoxy) is 1. The van der Waals surface area contributed by atoms with Crippen molar-refractivity contribution in [3.05, 3.63) is 36.2 Å². The van der Waals surface area contributed by atoms with Crippen LogP contribution in [0.5, 0.6) is 5.75 Å². The molecule has 0 saturated heterocycles. The van der Waals surface area contributed by atoms with Crippen molar-refractivity contribution in [2.45, 2.75) is 12.1 Å². The quantitative estimate of drug-likeness (QED) is 0.598. The Morgan fingerprint density at radius 1 is 1.42 bits per heavy atom. The average Bonchev–Trinajstić information content (AvgIpc) is 2.82. The van der Waals surface area contributed by atoms with Crippen molar-refractivity contribution in [3.63, 3.8) is 0 Å². The molecule has 100 valence electrons. The van der Waals surface area contributed by atoms with E-state index in [1.807, 2.05) is 32.2 Å². The van der Waals surface area contributed by atoms with Crippen molar-refractivity contribution in [3.8, 4) is 5.75 Å². The zero-order valence-corrected chi connectivity index (χ0v) is 11.7. The minimum Gasteiger partial charge on any atom is -0.493 e. The maximum atomic E-state index is 12.2. The van der Waals surface area contributed by atoms with Crippen LogP contribution in [0.1, 0.15) is 17.3 Å². The Labute approximate surface area is 116 Å². The van der Waals surface area contributed by atoms with E-state index in [2.05, 4.69) is 10.2 Å². The molecule has 0 N–H and O–H groups in total. The Bertz CT molecular complexity index is 569. The second-order valence-electron chi connectivity index (χ2n) is 3.87. The van der Waals surface area contributed by atoms with Gasteiger partial charge in [0.25, 0.3) is 0 Å². The number of carbonyl (C=O) groups excluding carboxylic acids is 1. The Morgan fingerprint density at radius 2 is 2.21 bits per heavy atom. The van der Waals surface area contributed by atoms with Crippen LogP contribution in [0.2, 0.25) is 0 Å².